The zero-order chi connectivity index (χ0) is 12.6. The molecule has 0 saturated carbocycles. The van der Waals surface area contributed by atoms with E-state index in [-0.39, 0.29) is 10.7 Å². The molecule has 5 nitrogen and oxygen atoms in total. The van der Waals surface area contributed by atoms with Crippen LogP contribution in [-0.2, 0) is 6.18 Å². The summed E-state index contributed by atoms with van der Waals surface area (Å²) in [4.78, 5) is 0.597. The van der Waals surface area contributed by atoms with E-state index in [0.717, 1.165) is 18.2 Å². The quantitative estimate of drug-likeness (QED) is 0.724. The third-order valence-corrected chi connectivity index (χ3v) is 2.18. The first-order valence-electron chi connectivity index (χ1n) is 4.18. The van der Waals surface area contributed by atoms with Gasteiger partial charge in [-0.25, -0.2) is 0 Å². The number of alkyl halides is 3. The van der Waals surface area contributed by atoms with Crippen LogP contribution < -0.4 is 9.90 Å². The van der Waals surface area contributed by atoms with Gasteiger partial charge in [-0.1, -0.05) is 11.6 Å². The van der Waals surface area contributed by atoms with E-state index in [2.05, 4.69) is 14.9 Å². The molecule has 0 N–H and O–H groups in total. The highest BCUT2D eigenvalue weighted by molar-refractivity contribution is 6.32. The summed E-state index contributed by atoms with van der Waals surface area (Å²) in [6, 6.07) is 2.56. The van der Waals surface area contributed by atoms with Gasteiger partial charge in [-0.05, 0) is 12.1 Å². The Hall–Kier alpha value is -1.83. The summed E-state index contributed by atoms with van der Waals surface area (Å²) in [5.41, 5.74) is -1.12. The van der Waals surface area contributed by atoms with Gasteiger partial charge >= 0.3 is 6.18 Å². The van der Waals surface area contributed by atoms with Crippen molar-refractivity contribution in [2.45, 2.75) is 6.18 Å². The van der Waals surface area contributed by atoms with Gasteiger partial charge < -0.3 is 9.63 Å². The van der Waals surface area contributed by atoms with Crippen molar-refractivity contribution in [1.29, 1.82) is 0 Å². The van der Waals surface area contributed by atoms with Gasteiger partial charge in [-0.2, -0.15) is 13.2 Å². The monoisotopic (exact) mass is 265 g/mol. The number of rotatable bonds is 1. The average Bonchev–Trinajstić information content (AvgIpc) is 2.63. The molecule has 90 valence electrons. The molecule has 0 aliphatic carbocycles. The smallest absolute Gasteiger partial charge is 0.416 e. The van der Waals surface area contributed by atoms with Gasteiger partial charge in [-0.15, -0.1) is 0 Å². The summed E-state index contributed by atoms with van der Waals surface area (Å²) in [7, 11) is 0. The summed E-state index contributed by atoms with van der Waals surface area (Å²) in [5.74, 6) is 0. The van der Waals surface area contributed by atoms with Crippen molar-refractivity contribution < 1.29 is 27.6 Å². The third-order valence-electron chi connectivity index (χ3n) is 1.86. The van der Waals surface area contributed by atoms with E-state index < -0.39 is 17.8 Å². The molecule has 0 aliphatic heterocycles. The van der Waals surface area contributed by atoms with Crippen molar-refractivity contribution in [3.63, 3.8) is 0 Å². The zero-order valence-electron chi connectivity index (χ0n) is 7.90. The van der Waals surface area contributed by atoms with Gasteiger partial charge in [0.1, 0.15) is 10.3 Å². The number of nitrogens with zero attached hydrogens (tertiary/aromatic N) is 3. The lowest BCUT2D eigenvalue weighted by Crippen LogP contribution is -2.36. The van der Waals surface area contributed by atoms with Crippen LogP contribution in [0.3, 0.4) is 0 Å². The van der Waals surface area contributed by atoms with Crippen LogP contribution in [0.4, 0.5) is 13.2 Å². The minimum atomic E-state index is -4.52. The molecule has 1 aromatic carbocycles. The van der Waals surface area contributed by atoms with Crippen LogP contribution in [0.25, 0.3) is 5.69 Å². The molecule has 0 aliphatic rings. The molecular weight excluding hydrogens is 263 g/mol. The van der Waals surface area contributed by atoms with Crippen molar-refractivity contribution in [3.8, 4) is 11.8 Å². The van der Waals surface area contributed by atoms with E-state index in [4.69, 9.17) is 11.6 Å². The Morgan fingerprint density at radius 1 is 1.35 bits per heavy atom. The second kappa shape index (κ2) is 3.88. The highest BCUT2D eigenvalue weighted by Gasteiger charge is 2.33. The molecule has 0 atom stereocenters. The molecule has 9 heteroatoms. The van der Waals surface area contributed by atoms with Gasteiger partial charge in [0.15, 0.2) is 0 Å². The Morgan fingerprint density at radius 3 is 2.59 bits per heavy atom. The molecule has 0 saturated heterocycles. The normalized spacial score (nSPS) is 11.8. The second-order valence-electron chi connectivity index (χ2n) is 2.99. The lowest BCUT2D eigenvalue weighted by atomic mass is 10.2. The standard InChI is InChI=1S/C8H3ClF3N3O2/c9-5-2-1-4(8(10,11)12)3-6(5)15-13-7(16)17-14-15/h1-3H. The summed E-state index contributed by atoms with van der Waals surface area (Å²) in [6.45, 7) is 0. The maximum atomic E-state index is 12.4. The summed E-state index contributed by atoms with van der Waals surface area (Å²) in [6.07, 6.45) is -5.55. The van der Waals surface area contributed by atoms with Crippen LogP contribution in [0.1, 0.15) is 5.56 Å². The topological polar surface area (TPSA) is 65.9 Å². The summed E-state index contributed by atoms with van der Waals surface area (Å²) < 4.78 is 41.4. The van der Waals surface area contributed by atoms with Crippen LogP contribution in [0.2, 0.25) is 5.02 Å². The van der Waals surface area contributed by atoms with Crippen molar-refractivity contribution in [2.75, 3.05) is 0 Å². The number of hydrogen-bond acceptors (Lipinski definition) is 4. The molecule has 0 spiro atoms. The SMILES string of the molecule is [O-]c1n[n+](-c2cc(C(F)(F)F)ccc2Cl)no1. The molecule has 2 rings (SSSR count). The average molecular weight is 266 g/mol. The highest BCUT2D eigenvalue weighted by Crippen LogP contribution is 2.31. The molecule has 0 radical (unpaired) electrons. The molecule has 1 heterocycles. The first kappa shape index (κ1) is 11.6. The lowest BCUT2D eigenvalue weighted by molar-refractivity contribution is -0.726. The van der Waals surface area contributed by atoms with Crippen LogP contribution in [0.15, 0.2) is 22.7 Å². The van der Waals surface area contributed by atoms with Gasteiger partial charge in [0.2, 0.25) is 6.08 Å². The van der Waals surface area contributed by atoms with E-state index in [1.807, 2.05) is 0 Å². The Balaban J connectivity index is 2.54. The minimum Gasteiger partial charge on any atom is -0.523 e. The highest BCUT2D eigenvalue weighted by atomic mass is 35.5. The van der Waals surface area contributed by atoms with Crippen LogP contribution in [0.5, 0.6) is 6.08 Å². The Labute approximate surface area is 97.0 Å². The van der Waals surface area contributed by atoms with Crippen LogP contribution in [-0.4, -0.2) is 10.4 Å². The molecule has 17 heavy (non-hydrogen) atoms. The van der Waals surface area contributed by atoms with Gasteiger partial charge in [0, 0.05) is 6.07 Å². The van der Waals surface area contributed by atoms with E-state index in [1.54, 1.807) is 0 Å². The number of benzene rings is 1. The molecular formula is C8H3ClF3N3O2. The lowest BCUT2D eigenvalue weighted by Gasteiger charge is -2.05. The number of hydrogen-bond donors (Lipinski definition) is 0. The summed E-state index contributed by atoms with van der Waals surface area (Å²) >= 11 is 5.68. The van der Waals surface area contributed by atoms with Crippen LogP contribution in [0, 0.1) is 0 Å². The van der Waals surface area contributed by atoms with E-state index in [1.165, 1.54) is 0 Å². The molecule has 0 fully saturated rings. The zero-order valence-corrected chi connectivity index (χ0v) is 8.66. The van der Waals surface area contributed by atoms with Crippen molar-refractivity contribution in [1.82, 2.24) is 10.4 Å². The maximum Gasteiger partial charge on any atom is 0.416 e. The predicted molar refractivity (Wildman–Crippen MR) is 45.3 cm³/mol. The van der Waals surface area contributed by atoms with Crippen LogP contribution >= 0.6 is 11.6 Å². The Kier molecular flexibility index (Phi) is 2.66. The van der Waals surface area contributed by atoms with Crippen molar-refractivity contribution in [2.24, 2.45) is 0 Å². The van der Waals surface area contributed by atoms with Crippen molar-refractivity contribution >= 4 is 11.6 Å². The number of aromatic nitrogens is 3. The Morgan fingerprint density at radius 2 is 2.06 bits per heavy atom. The van der Waals surface area contributed by atoms with Gasteiger partial charge in [0.25, 0.3) is 5.69 Å². The van der Waals surface area contributed by atoms with E-state index >= 15 is 0 Å². The maximum absolute atomic E-state index is 12.4. The van der Waals surface area contributed by atoms with E-state index in [0.29, 0.717) is 4.80 Å². The minimum absolute atomic E-state index is 0.0381. The largest absolute Gasteiger partial charge is 0.523 e. The fourth-order valence-electron chi connectivity index (χ4n) is 1.13. The first-order valence-corrected chi connectivity index (χ1v) is 4.56. The van der Waals surface area contributed by atoms with Crippen molar-refractivity contribution in [3.05, 3.63) is 28.8 Å². The number of halogens is 4. The molecule has 2 aromatic rings. The molecule has 0 amide bonds. The summed E-state index contributed by atoms with van der Waals surface area (Å²) in [5, 5.41) is 16.9. The Bertz CT molecular complexity index is 555. The second-order valence-corrected chi connectivity index (χ2v) is 3.40. The molecule has 0 bridgehead atoms. The first-order chi connectivity index (χ1) is 7.88. The molecule has 1 aromatic heterocycles. The fraction of sp³-hybridized carbons (Fsp3) is 0.125. The third kappa shape index (κ3) is 2.31. The fourth-order valence-corrected chi connectivity index (χ4v) is 1.32. The van der Waals surface area contributed by atoms with Gasteiger partial charge in [-0.3, -0.25) is 0 Å². The predicted octanol–water partition coefficient (Wildman–Crippen LogP) is 1.09. The van der Waals surface area contributed by atoms with Gasteiger partial charge in [0.05, 0.1) is 15.5 Å². The van der Waals surface area contributed by atoms with E-state index in [9.17, 15) is 18.3 Å². The molecule has 0 unspecified atom stereocenters.